The molecule has 0 rings (SSSR count). The molecule has 0 aromatic carbocycles. The second-order valence-corrected chi connectivity index (χ2v) is 17.2. The fraction of sp³-hybridized carbons (Fsp3) is 0.672. The Morgan fingerprint density at radius 1 is 0.403 bits per heavy atom. The molecule has 0 aromatic rings. The maximum absolute atomic E-state index is 12.4. The first-order chi connectivity index (χ1) is 30.7. The number of allylic oxidation sites excluding steroid dienone is 17. The topological polar surface area (TPSA) is 69.6 Å². The molecular weight excluding hydrogens is 759 g/mol. The number of nitrogens with one attached hydrogen (secondary N) is 1. The van der Waals surface area contributed by atoms with Crippen LogP contribution in [0.4, 0.5) is 0 Å². The summed E-state index contributed by atoms with van der Waals surface area (Å²) in [5, 5.41) is 23.0. The number of rotatable bonds is 46. The average Bonchev–Trinajstić information content (AvgIpc) is 3.28. The van der Waals surface area contributed by atoms with Crippen molar-refractivity contribution < 1.29 is 15.0 Å². The van der Waals surface area contributed by atoms with Crippen LogP contribution in [0.3, 0.4) is 0 Å². The van der Waals surface area contributed by atoms with Crippen LogP contribution in [0.1, 0.15) is 232 Å². The molecule has 4 heteroatoms. The molecule has 354 valence electrons. The van der Waals surface area contributed by atoms with E-state index in [-0.39, 0.29) is 12.5 Å². The smallest absolute Gasteiger partial charge is 0.220 e. The van der Waals surface area contributed by atoms with Gasteiger partial charge in [-0.05, 0) is 96.3 Å². The second-order valence-electron chi connectivity index (χ2n) is 17.2. The number of aliphatic hydroxyl groups is 2. The van der Waals surface area contributed by atoms with Crippen LogP contribution in [0.2, 0.25) is 0 Å². The lowest BCUT2D eigenvalue weighted by Gasteiger charge is -2.19. The zero-order chi connectivity index (χ0) is 44.9. The Hall–Kier alpha value is -2.95. The summed E-state index contributed by atoms with van der Waals surface area (Å²) >= 11 is 0. The molecule has 0 radical (unpaired) electrons. The van der Waals surface area contributed by atoms with Gasteiger partial charge < -0.3 is 15.5 Å². The zero-order valence-corrected chi connectivity index (χ0v) is 40.6. The molecular formula is C58H99NO3. The minimum absolute atomic E-state index is 0.0812. The molecule has 0 aliphatic carbocycles. The number of carbonyl (C=O) groups is 1. The largest absolute Gasteiger partial charge is 0.394 e. The number of carbonyl (C=O) groups excluding carboxylic acids is 1. The van der Waals surface area contributed by atoms with Crippen LogP contribution in [0.25, 0.3) is 0 Å². The Kier molecular flexibility index (Phi) is 49.9. The first-order valence-corrected chi connectivity index (χ1v) is 26.1. The van der Waals surface area contributed by atoms with Crippen molar-refractivity contribution in [2.45, 2.75) is 244 Å². The molecule has 0 aliphatic rings. The minimum Gasteiger partial charge on any atom is -0.394 e. The van der Waals surface area contributed by atoms with Gasteiger partial charge in [0.15, 0.2) is 0 Å². The van der Waals surface area contributed by atoms with Crippen LogP contribution >= 0.6 is 0 Å². The van der Waals surface area contributed by atoms with Gasteiger partial charge in [0.1, 0.15) is 0 Å². The van der Waals surface area contributed by atoms with Crippen molar-refractivity contribution in [3.8, 4) is 0 Å². The third-order valence-electron chi connectivity index (χ3n) is 11.2. The monoisotopic (exact) mass is 858 g/mol. The molecule has 0 spiro atoms. The van der Waals surface area contributed by atoms with E-state index in [0.717, 1.165) is 77.0 Å². The summed E-state index contributed by atoms with van der Waals surface area (Å²) in [5.41, 5.74) is 0. The molecule has 2 unspecified atom stereocenters. The first kappa shape index (κ1) is 59.1. The third kappa shape index (κ3) is 48.1. The lowest BCUT2D eigenvalue weighted by molar-refractivity contribution is -0.123. The molecule has 2 atom stereocenters. The van der Waals surface area contributed by atoms with Gasteiger partial charge in [0, 0.05) is 6.42 Å². The van der Waals surface area contributed by atoms with Crippen LogP contribution < -0.4 is 5.32 Å². The lowest BCUT2D eigenvalue weighted by atomic mass is 10.0. The molecule has 1 amide bonds. The maximum Gasteiger partial charge on any atom is 0.220 e. The number of hydrogen-bond acceptors (Lipinski definition) is 3. The van der Waals surface area contributed by atoms with Gasteiger partial charge in [-0.1, -0.05) is 239 Å². The molecule has 0 aromatic heterocycles. The standard InChI is InChI=1S/C58H99NO3/c1-3-5-7-9-11-13-15-17-18-19-20-21-22-23-24-25-26-27-28-29-30-31-32-33-34-35-36-37-38-39-40-42-44-46-48-50-52-54-58(62)59-56(55-60)57(61)53-51-49-47-45-43-41-16-14-12-10-8-6-4-2/h5,7,11-14,17-18,20-21,23-24,26-27,43,45,51,53,56-57,60-61H,3-4,6,8-10,15-16,19,22,25,28-42,44,46-50,52,54-55H2,1-2H3,(H,59,62)/b7-5-,13-11-,14-12+,18-17-,21-20-,24-23-,27-26-,45-43+,53-51+. The van der Waals surface area contributed by atoms with Gasteiger partial charge in [-0.15, -0.1) is 0 Å². The van der Waals surface area contributed by atoms with E-state index in [4.69, 9.17) is 0 Å². The molecule has 0 saturated heterocycles. The molecule has 0 saturated carbocycles. The molecule has 3 N–H and O–H groups in total. The fourth-order valence-corrected chi connectivity index (χ4v) is 7.27. The number of aliphatic hydroxyl groups excluding tert-OH is 2. The molecule has 4 nitrogen and oxygen atoms in total. The highest BCUT2D eigenvalue weighted by molar-refractivity contribution is 5.76. The maximum atomic E-state index is 12.4. The van der Waals surface area contributed by atoms with Gasteiger partial charge in [0.2, 0.25) is 5.91 Å². The minimum atomic E-state index is -0.873. The summed E-state index contributed by atoms with van der Waals surface area (Å²) in [6.45, 7) is 4.14. The Labute approximate surface area is 385 Å². The van der Waals surface area contributed by atoms with E-state index < -0.39 is 12.1 Å². The highest BCUT2D eigenvalue weighted by atomic mass is 16.3. The van der Waals surface area contributed by atoms with Gasteiger partial charge in [0.05, 0.1) is 18.8 Å². The fourth-order valence-electron chi connectivity index (χ4n) is 7.27. The normalized spacial score (nSPS) is 13.8. The van der Waals surface area contributed by atoms with E-state index in [1.807, 2.05) is 6.08 Å². The van der Waals surface area contributed by atoms with Crippen LogP contribution in [0.5, 0.6) is 0 Å². The number of unbranched alkanes of at least 4 members (excludes halogenated alkanes) is 23. The predicted molar refractivity (Wildman–Crippen MR) is 276 cm³/mol. The van der Waals surface area contributed by atoms with E-state index in [1.54, 1.807) is 6.08 Å². The van der Waals surface area contributed by atoms with Crippen molar-refractivity contribution in [3.05, 3.63) is 109 Å². The van der Waals surface area contributed by atoms with E-state index in [9.17, 15) is 15.0 Å². The first-order valence-electron chi connectivity index (χ1n) is 26.1. The highest BCUT2D eigenvalue weighted by Crippen LogP contribution is 2.15. The van der Waals surface area contributed by atoms with E-state index >= 15 is 0 Å². The van der Waals surface area contributed by atoms with Crippen molar-refractivity contribution in [1.82, 2.24) is 5.32 Å². The van der Waals surface area contributed by atoms with Gasteiger partial charge in [-0.3, -0.25) is 4.79 Å². The van der Waals surface area contributed by atoms with Crippen LogP contribution in [0, 0.1) is 0 Å². The van der Waals surface area contributed by atoms with Crippen LogP contribution in [-0.4, -0.2) is 34.9 Å². The van der Waals surface area contributed by atoms with Gasteiger partial charge >= 0.3 is 0 Å². The van der Waals surface area contributed by atoms with Gasteiger partial charge in [-0.25, -0.2) is 0 Å². The van der Waals surface area contributed by atoms with Crippen molar-refractivity contribution in [3.63, 3.8) is 0 Å². The Morgan fingerprint density at radius 2 is 0.726 bits per heavy atom. The molecule has 62 heavy (non-hydrogen) atoms. The van der Waals surface area contributed by atoms with Crippen molar-refractivity contribution in [2.75, 3.05) is 6.61 Å². The van der Waals surface area contributed by atoms with Gasteiger partial charge in [-0.2, -0.15) is 0 Å². The summed E-state index contributed by atoms with van der Waals surface area (Å²) in [6.07, 6.45) is 79.5. The van der Waals surface area contributed by atoms with Crippen molar-refractivity contribution in [2.24, 2.45) is 0 Å². The summed E-state index contributed by atoms with van der Waals surface area (Å²) < 4.78 is 0. The number of hydrogen-bond donors (Lipinski definition) is 3. The Bertz CT molecular complexity index is 1200. The summed E-state index contributed by atoms with van der Waals surface area (Å²) in [7, 11) is 0. The quantitative estimate of drug-likeness (QED) is 0.0422. The molecule has 0 heterocycles. The highest BCUT2D eigenvalue weighted by Gasteiger charge is 2.17. The zero-order valence-electron chi connectivity index (χ0n) is 40.6. The SMILES string of the molecule is CC/C=C\C/C=C\C/C=C\C/C=C\C/C=C\C/C=C\CCCCCCCCCCCCCCCCCCCCC(=O)NC(CO)C(O)/C=C/CC/C=C/CC/C=C/CCCCC. The van der Waals surface area contributed by atoms with Crippen LogP contribution in [-0.2, 0) is 4.79 Å². The van der Waals surface area contributed by atoms with Crippen molar-refractivity contribution in [1.29, 1.82) is 0 Å². The summed E-state index contributed by atoms with van der Waals surface area (Å²) in [4.78, 5) is 12.4. The lowest BCUT2D eigenvalue weighted by Crippen LogP contribution is -2.45. The second kappa shape index (κ2) is 52.4. The van der Waals surface area contributed by atoms with Gasteiger partial charge in [0.25, 0.3) is 0 Å². The van der Waals surface area contributed by atoms with E-state index in [1.165, 1.54) is 135 Å². The predicted octanol–water partition coefficient (Wildman–Crippen LogP) is 17.1. The Balaban J connectivity index is 3.51. The molecule has 0 fully saturated rings. The molecule has 0 aliphatic heterocycles. The van der Waals surface area contributed by atoms with Crippen molar-refractivity contribution >= 4 is 5.91 Å². The van der Waals surface area contributed by atoms with E-state index in [0.29, 0.717) is 6.42 Å². The van der Waals surface area contributed by atoms with Crippen LogP contribution in [0.15, 0.2) is 109 Å². The summed E-state index contributed by atoms with van der Waals surface area (Å²) in [6, 6.07) is -0.649. The Morgan fingerprint density at radius 3 is 1.13 bits per heavy atom. The average molecular weight is 858 g/mol. The third-order valence-corrected chi connectivity index (χ3v) is 11.2. The summed E-state index contributed by atoms with van der Waals surface area (Å²) in [5.74, 6) is -0.0812. The molecule has 0 bridgehead atoms. The number of amides is 1. The van der Waals surface area contributed by atoms with E-state index in [2.05, 4.69) is 116 Å².